The molecule has 1 aromatic carbocycles. The average molecular weight is 454 g/mol. The number of carbonyl (C=O) groups excluding carboxylic acids is 1. The minimum atomic E-state index is -0.795. The Labute approximate surface area is 194 Å². The number of aryl methyl sites for hydroxylation is 2. The average Bonchev–Trinajstić information content (AvgIpc) is 2.82. The predicted molar refractivity (Wildman–Crippen MR) is 125 cm³/mol. The summed E-state index contributed by atoms with van der Waals surface area (Å²) in [5, 5.41) is 12.3. The van der Waals surface area contributed by atoms with E-state index in [0.717, 1.165) is 49.3 Å². The van der Waals surface area contributed by atoms with Crippen LogP contribution in [0.5, 0.6) is 0 Å². The zero-order valence-corrected chi connectivity index (χ0v) is 18.9. The van der Waals surface area contributed by atoms with Gasteiger partial charge in [0.25, 0.3) is 0 Å². The normalized spacial score (nSPS) is 20.1. The number of amides is 1. The van der Waals surface area contributed by atoms with E-state index in [0.29, 0.717) is 32.4 Å². The lowest BCUT2D eigenvalue weighted by Gasteiger charge is -2.39. The highest BCUT2D eigenvalue weighted by Gasteiger charge is 2.32. The van der Waals surface area contributed by atoms with E-state index < -0.39 is 5.97 Å². The number of aromatic nitrogens is 1. The summed E-state index contributed by atoms with van der Waals surface area (Å²) in [4.78, 5) is 30.6. The van der Waals surface area contributed by atoms with Gasteiger partial charge in [-0.1, -0.05) is 18.2 Å². The molecule has 2 aromatic rings. The van der Waals surface area contributed by atoms with Crippen LogP contribution in [0.25, 0.3) is 0 Å². The number of fused-ring (bicyclic) bond motifs is 1. The van der Waals surface area contributed by atoms with Gasteiger partial charge in [0.05, 0.1) is 0 Å². The molecule has 1 saturated heterocycles. The lowest BCUT2D eigenvalue weighted by molar-refractivity contribution is -0.137. The quantitative estimate of drug-likeness (QED) is 0.619. The number of hydrogen-bond donors (Lipinski definition) is 2. The Hall–Kier alpha value is -2.96. The van der Waals surface area contributed by atoms with Crippen molar-refractivity contribution in [2.75, 3.05) is 25.0 Å². The number of likely N-dealkylation sites (tertiary alicyclic amines) is 1. The Morgan fingerprint density at radius 3 is 2.91 bits per heavy atom. The molecule has 3 heterocycles. The van der Waals surface area contributed by atoms with Gasteiger partial charge in [-0.05, 0) is 73.8 Å². The number of halogens is 1. The van der Waals surface area contributed by atoms with Gasteiger partial charge in [-0.15, -0.1) is 0 Å². The first kappa shape index (κ1) is 23.2. The highest BCUT2D eigenvalue weighted by Crippen LogP contribution is 2.36. The van der Waals surface area contributed by atoms with Gasteiger partial charge in [0.15, 0.2) is 0 Å². The first-order valence-corrected chi connectivity index (χ1v) is 12.0. The topological polar surface area (TPSA) is 82.5 Å². The van der Waals surface area contributed by atoms with Crippen LogP contribution in [0.2, 0.25) is 0 Å². The molecule has 7 heteroatoms. The minimum absolute atomic E-state index is 0.0123. The summed E-state index contributed by atoms with van der Waals surface area (Å²) in [7, 11) is 0. The van der Waals surface area contributed by atoms with Crippen LogP contribution in [0.1, 0.15) is 61.3 Å². The van der Waals surface area contributed by atoms with Gasteiger partial charge in [-0.2, -0.15) is 0 Å². The third-order valence-electron chi connectivity index (χ3n) is 6.90. The summed E-state index contributed by atoms with van der Waals surface area (Å²) < 4.78 is 13.9. The van der Waals surface area contributed by atoms with Crippen molar-refractivity contribution in [3.63, 3.8) is 0 Å². The van der Waals surface area contributed by atoms with Gasteiger partial charge in [0.1, 0.15) is 11.6 Å². The maximum Gasteiger partial charge on any atom is 0.303 e. The molecule has 0 aliphatic carbocycles. The SMILES string of the molecule is O=C(O)CCCC1CCN(C(=O)CCc2ccc3c(n2)NCCC3)CC1c1cccc(F)c1. The van der Waals surface area contributed by atoms with E-state index in [-0.39, 0.29) is 30.0 Å². The maximum absolute atomic E-state index is 13.9. The Morgan fingerprint density at radius 1 is 1.21 bits per heavy atom. The molecule has 1 fully saturated rings. The molecule has 4 rings (SSSR count). The maximum atomic E-state index is 13.9. The fourth-order valence-electron chi connectivity index (χ4n) is 5.10. The Bertz CT molecular complexity index is 996. The molecule has 6 nitrogen and oxygen atoms in total. The molecule has 2 unspecified atom stereocenters. The molecule has 1 aromatic heterocycles. The van der Waals surface area contributed by atoms with E-state index in [9.17, 15) is 14.0 Å². The minimum Gasteiger partial charge on any atom is -0.481 e. The van der Waals surface area contributed by atoms with Crippen LogP contribution >= 0.6 is 0 Å². The lowest BCUT2D eigenvalue weighted by atomic mass is 9.78. The number of nitrogens with zero attached hydrogens (tertiary/aromatic N) is 2. The highest BCUT2D eigenvalue weighted by atomic mass is 19.1. The molecule has 33 heavy (non-hydrogen) atoms. The molecule has 176 valence electrons. The fraction of sp³-hybridized carbons (Fsp3) is 0.500. The van der Waals surface area contributed by atoms with Crippen LogP contribution in [0.4, 0.5) is 10.2 Å². The van der Waals surface area contributed by atoms with E-state index in [4.69, 9.17) is 10.1 Å². The van der Waals surface area contributed by atoms with Crippen molar-refractivity contribution in [1.29, 1.82) is 0 Å². The summed E-state index contributed by atoms with van der Waals surface area (Å²) >= 11 is 0. The number of anilines is 1. The van der Waals surface area contributed by atoms with Crippen molar-refractivity contribution in [2.45, 2.75) is 57.3 Å². The second kappa shape index (κ2) is 10.8. The first-order chi connectivity index (χ1) is 16.0. The van der Waals surface area contributed by atoms with Gasteiger partial charge in [-0.25, -0.2) is 9.37 Å². The Morgan fingerprint density at radius 2 is 2.09 bits per heavy atom. The van der Waals surface area contributed by atoms with Crippen LogP contribution in [0.15, 0.2) is 36.4 Å². The van der Waals surface area contributed by atoms with Crippen molar-refractivity contribution in [3.8, 4) is 0 Å². The monoisotopic (exact) mass is 453 g/mol. The number of pyridine rings is 1. The highest BCUT2D eigenvalue weighted by molar-refractivity contribution is 5.76. The van der Waals surface area contributed by atoms with Crippen LogP contribution < -0.4 is 5.32 Å². The van der Waals surface area contributed by atoms with Crippen LogP contribution in [-0.2, 0) is 22.4 Å². The van der Waals surface area contributed by atoms with Gasteiger partial charge in [0, 0.05) is 44.1 Å². The van der Waals surface area contributed by atoms with Gasteiger partial charge in [-0.3, -0.25) is 9.59 Å². The molecule has 2 aliphatic heterocycles. The summed E-state index contributed by atoms with van der Waals surface area (Å²) in [5.41, 5.74) is 3.04. The number of piperidine rings is 1. The van der Waals surface area contributed by atoms with Crippen LogP contribution in [0, 0.1) is 11.7 Å². The number of benzene rings is 1. The summed E-state index contributed by atoms with van der Waals surface area (Å²) in [6.45, 7) is 2.13. The molecule has 0 saturated carbocycles. The molecule has 2 N–H and O–H groups in total. The summed E-state index contributed by atoms with van der Waals surface area (Å²) in [5.74, 6) is 0.206. The summed E-state index contributed by atoms with van der Waals surface area (Å²) in [6, 6.07) is 10.7. The van der Waals surface area contributed by atoms with E-state index in [1.165, 1.54) is 11.6 Å². The zero-order chi connectivity index (χ0) is 23.2. The van der Waals surface area contributed by atoms with Crippen molar-refractivity contribution >= 4 is 17.7 Å². The number of carboxylic acids is 1. The van der Waals surface area contributed by atoms with Gasteiger partial charge in [0.2, 0.25) is 5.91 Å². The van der Waals surface area contributed by atoms with Gasteiger partial charge < -0.3 is 15.3 Å². The molecule has 2 aliphatic rings. The second-order valence-electron chi connectivity index (χ2n) is 9.18. The second-order valence-corrected chi connectivity index (χ2v) is 9.18. The Kier molecular flexibility index (Phi) is 7.57. The number of nitrogens with one attached hydrogen (secondary N) is 1. The van der Waals surface area contributed by atoms with E-state index >= 15 is 0 Å². The fourth-order valence-corrected chi connectivity index (χ4v) is 5.10. The van der Waals surface area contributed by atoms with E-state index in [1.807, 2.05) is 17.0 Å². The van der Waals surface area contributed by atoms with Crippen molar-refractivity contribution in [1.82, 2.24) is 9.88 Å². The van der Waals surface area contributed by atoms with Crippen molar-refractivity contribution in [3.05, 3.63) is 59.0 Å². The number of carboxylic acid groups (broad SMARTS) is 1. The zero-order valence-electron chi connectivity index (χ0n) is 18.9. The number of carbonyl (C=O) groups is 2. The molecule has 0 radical (unpaired) electrons. The van der Waals surface area contributed by atoms with E-state index in [1.54, 1.807) is 12.1 Å². The largest absolute Gasteiger partial charge is 0.481 e. The van der Waals surface area contributed by atoms with Gasteiger partial charge >= 0.3 is 5.97 Å². The first-order valence-electron chi connectivity index (χ1n) is 12.0. The molecule has 2 atom stereocenters. The van der Waals surface area contributed by atoms with E-state index in [2.05, 4.69) is 11.4 Å². The van der Waals surface area contributed by atoms with Crippen LogP contribution in [0.3, 0.4) is 0 Å². The summed E-state index contributed by atoms with van der Waals surface area (Å²) in [6.07, 6.45) is 5.44. The van der Waals surface area contributed by atoms with Crippen LogP contribution in [-0.4, -0.2) is 46.5 Å². The number of aliphatic carboxylic acids is 1. The standard InChI is InChI=1S/C26H32FN3O3/c27-21-7-1-5-20(16-21)23-17-30(15-13-18(23)4-2-8-25(32)33)24(31)12-11-22-10-9-19-6-3-14-28-26(19)29-22/h1,5,7,9-10,16,18,23H,2-4,6,8,11-15,17H2,(H,28,29)(H,32,33). The predicted octanol–water partition coefficient (Wildman–Crippen LogP) is 4.40. The molecule has 0 bridgehead atoms. The van der Waals surface area contributed by atoms with Crippen molar-refractivity contribution < 1.29 is 19.1 Å². The third-order valence-corrected chi connectivity index (χ3v) is 6.90. The smallest absolute Gasteiger partial charge is 0.303 e. The van der Waals surface area contributed by atoms with Crippen molar-refractivity contribution in [2.24, 2.45) is 5.92 Å². The molecule has 1 amide bonds. The third kappa shape index (κ3) is 6.09. The Balaban J connectivity index is 1.39. The number of rotatable bonds is 8. The molecular formula is C26H32FN3O3. The number of hydrogen-bond acceptors (Lipinski definition) is 4. The molecular weight excluding hydrogens is 421 g/mol. The molecule has 0 spiro atoms. The lowest BCUT2D eigenvalue weighted by Crippen LogP contribution is -2.43.